The van der Waals surface area contributed by atoms with E-state index in [0.717, 1.165) is 11.5 Å². The second-order valence-corrected chi connectivity index (χ2v) is 5.42. The minimum atomic E-state index is -0.487. The van der Waals surface area contributed by atoms with Gasteiger partial charge in [0.25, 0.3) is 5.56 Å². The van der Waals surface area contributed by atoms with E-state index in [1.165, 1.54) is 16.7 Å². The maximum Gasteiger partial charge on any atom is 0.258 e. The van der Waals surface area contributed by atoms with E-state index in [-0.39, 0.29) is 17.1 Å². The number of amides is 1. The summed E-state index contributed by atoms with van der Waals surface area (Å²) in [4.78, 5) is 24.4. The third-order valence-electron chi connectivity index (χ3n) is 3.41. The van der Waals surface area contributed by atoms with Crippen molar-refractivity contribution in [1.82, 2.24) is 4.57 Å². The van der Waals surface area contributed by atoms with Crippen LogP contribution in [0.25, 0.3) is 10.8 Å². The Labute approximate surface area is 136 Å². The molecule has 0 saturated carbocycles. The van der Waals surface area contributed by atoms with Crippen molar-refractivity contribution in [3.8, 4) is 0 Å². The lowest BCUT2D eigenvalue weighted by molar-refractivity contribution is -0.116. The summed E-state index contributed by atoms with van der Waals surface area (Å²) < 4.78 is 14.3. The number of fused-ring (bicyclic) bond motifs is 1. The van der Waals surface area contributed by atoms with E-state index in [2.05, 4.69) is 5.32 Å². The molecule has 1 heterocycles. The largest absolute Gasteiger partial charge is 0.323 e. The van der Waals surface area contributed by atoms with E-state index in [0.29, 0.717) is 11.1 Å². The van der Waals surface area contributed by atoms with Crippen LogP contribution in [0.3, 0.4) is 0 Å². The number of anilines is 1. The van der Waals surface area contributed by atoms with Gasteiger partial charge in [0, 0.05) is 11.6 Å². The number of benzene rings is 2. The molecular formula is C17H12ClFN2O2. The first-order valence-electron chi connectivity index (χ1n) is 6.88. The summed E-state index contributed by atoms with van der Waals surface area (Å²) in [5.74, 6) is -0.908. The molecule has 0 bridgehead atoms. The fraction of sp³-hybridized carbons (Fsp3) is 0.0588. The Morgan fingerprint density at radius 2 is 1.96 bits per heavy atom. The van der Waals surface area contributed by atoms with Crippen LogP contribution in [0, 0.1) is 5.82 Å². The molecule has 116 valence electrons. The molecule has 0 fully saturated rings. The topological polar surface area (TPSA) is 51.1 Å². The first-order chi connectivity index (χ1) is 11.0. The van der Waals surface area contributed by atoms with Crippen LogP contribution in [0.15, 0.2) is 59.5 Å². The summed E-state index contributed by atoms with van der Waals surface area (Å²) in [5.41, 5.74) is 0.0513. The van der Waals surface area contributed by atoms with Crippen molar-refractivity contribution < 1.29 is 9.18 Å². The smallest absolute Gasteiger partial charge is 0.258 e. The van der Waals surface area contributed by atoms with E-state index in [9.17, 15) is 14.0 Å². The van der Waals surface area contributed by atoms with Gasteiger partial charge in [-0.3, -0.25) is 9.59 Å². The molecule has 4 nitrogen and oxygen atoms in total. The van der Waals surface area contributed by atoms with Crippen molar-refractivity contribution >= 4 is 34.0 Å². The van der Waals surface area contributed by atoms with Crippen LogP contribution in [0.2, 0.25) is 5.02 Å². The molecule has 0 atom stereocenters. The van der Waals surface area contributed by atoms with Gasteiger partial charge in [-0.15, -0.1) is 0 Å². The molecule has 1 amide bonds. The van der Waals surface area contributed by atoms with E-state index >= 15 is 0 Å². The molecule has 0 radical (unpaired) electrons. The van der Waals surface area contributed by atoms with Gasteiger partial charge in [-0.25, -0.2) is 4.39 Å². The summed E-state index contributed by atoms with van der Waals surface area (Å²) in [6, 6.07) is 12.6. The normalized spacial score (nSPS) is 10.7. The summed E-state index contributed by atoms with van der Waals surface area (Å²) >= 11 is 5.86. The third-order valence-corrected chi connectivity index (χ3v) is 3.72. The summed E-state index contributed by atoms with van der Waals surface area (Å²) in [6.07, 6.45) is 1.57. The highest BCUT2D eigenvalue weighted by atomic mass is 35.5. The average molecular weight is 331 g/mol. The molecule has 2 aromatic carbocycles. The quantitative estimate of drug-likeness (QED) is 0.800. The molecule has 6 heteroatoms. The van der Waals surface area contributed by atoms with Crippen molar-refractivity contribution in [2.45, 2.75) is 6.54 Å². The van der Waals surface area contributed by atoms with Gasteiger partial charge in [-0.1, -0.05) is 29.8 Å². The highest BCUT2D eigenvalue weighted by molar-refractivity contribution is 6.33. The predicted octanol–water partition coefficient (Wildman–Crippen LogP) is 3.43. The van der Waals surface area contributed by atoms with Gasteiger partial charge >= 0.3 is 0 Å². The predicted molar refractivity (Wildman–Crippen MR) is 88.2 cm³/mol. The lowest BCUT2D eigenvalue weighted by atomic mass is 10.2. The number of hydrogen-bond acceptors (Lipinski definition) is 2. The number of rotatable bonds is 3. The molecule has 3 rings (SSSR count). The number of nitrogens with zero attached hydrogens (tertiary/aromatic N) is 1. The Balaban J connectivity index is 1.83. The van der Waals surface area contributed by atoms with Crippen molar-refractivity contribution in [1.29, 1.82) is 0 Å². The van der Waals surface area contributed by atoms with Crippen LogP contribution in [-0.2, 0) is 11.3 Å². The second kappa shape index (κ2) is 6.22. The molecule has 1 N–H and O–H groups in total. The standard InChI is InChI=1S/C17H12ClFN2O2/c18-14-9-12(19)5-6-15(14)20-16(22)10-21-8-7-11-3-1-2-4-13(11)17(21)23/h1-9H,10H2,(H,20,22). The first-order valence-corrected chi connectivity index (χ1v) is 7.25. The second-order valence-electron chi connectivity index (χ2n) is 5.01. The van der Waals surface area contributed by atoms with Gasteiger partial charge in [0.2, 0.25) is 5.91 Å². The number of aromatic nitrogens is 1. The molecule has 0 spiro atoms. The molecule has 23 heavy (non-hydrogen) atoms. The molecular weight excluding hydrogens is 319 g/mol. The SMILES string of the molecule is O=C(Cn1ccc2ccccc2c1=O)Nc1ccc(F)cc1Cl. The van der Waals surface area contributed by atoms with Gasteiger partial charge in [0.05, 0.1) is 10.7 Å². The minimum Gasteiger partial charge on any atom is -0.323 e. The van der Waals surface area contributed by atoms with Crippen molar-refractivity contribution in [2.24, 2.45) is 0 Å². The maximum atomic E-state index is 13.0. The fourth-order valence-electron chi connectivity index (χ4n) is 2.29. The average Bonchev–Trinajstić information content (AvgIpc) is 2.53. The van der Waals surface area contributed by atoms with Crippen molar-refractivity contribution in [3.05, 3.63) is 75.9 Å². The summed E-state index contributed by atoms with van der Waals surface area (Å²) in [6.45, 7) is -0.155. The monoisotopic (exact) mass is 330 g/mol. The number of carbonyl (C=O) groups is 1. The molecule has 3 aromatic rings. The molecule has 0 unspecified atom stereocenters. The molecule has 0 aliphatic heterocycles. The van der Waals surface area contributed by atoms with Gasteiger partial charge < -0.3 is 9.88 Å². The summed E-state index contributed by atoms with van der Waals surface area (Å²) in [7, 11) is 0. The van der Waals surface area contributed by atoms with E-state index in [1.54, 1.807) is 24.4 Å². The van der Waals surface area contributed by atoms with Crippen molar-refractivity contribution in [3.63, 3.8) is 0 Å². The van der Waals surface area contributed by atoms with Crippen LogP contribution in [0.4, 0.5) is 10.1 Å². The Morgan fingerprint density at radius 1 is 1.17 bits per heavy atom. The highest BCUT2D eigenvalue weighted by Gasteiger charge is 2.09. The Kier molecular flexibility index (Phi) is 4.12. The Morgan fingerprint density at radius 3 is 2.74 bits per heavy atom. The Hall–Kier alpha value is -2.66. The highest BCUT2D eigenvalue weighted by Crippen LogP contribution is 2.22. The van der Waals surface area contributed by atoms with Crippen molar-refractivity contribution in [2.75, 3.05) is 5.32 Å². The molecule has 0 saturated heterocycles. The zero-order valence-electron chi connectivity index (χ0n) is 11.9. The molecule has 0 aliphatic carbocycles. The summed E-state index contributed by atoms with van der Waals surface area (Å²) in [5, 5.41) is 4.02. The Bertz CT molecular complexity index is 953. The zero-order valence-corrected chi connectivity index (χ0v) is 12.7. The lowest BCUT2D eigenvalue weighted by Crippen LogP contribution is -2.27. The van der Waals surface area contributed by atoms with E-state index in [1.807, 2.05) is 12.1 Å². The van der Waals surface area contributed by atoms with Crippen LogP contribution in [-0.4, -0.2) is 10.5 Å². The van der Waals surface area contributed by atoms with Gasteiger partial charge in [0.1, 0.15) is 12.4 Å². The van der Waals surface area contributed by atoms with E-state index in [4.69, 9.17) is 11.6 Å². The van der Waals surface area contributed by atoms with Gasteiger partial charge in [0.15, 0.2) is 0 Å². The zero-order chi connectivity index (χ0) is 16.4. The number of hydrogen-bond donors (Lipinski definition) is 1. The van der Waals surface area contributed by atoms with E-state index < -0.39 is 11.7 Å². The maximum absolute atomic E-state index is 13.0. The molecule has 1 aromatic heterocycles. The minimum absolute atomic E-state index is 0.101. The molecule has 0 aliphatic rings. The number of halogens is 2. The first kappa shape index (κ1) is 15.2. The van der Waals surface area contributed by atoms with Crippen LogP contribution >= 0.6 is 11.6 Å². The number of nitrogens with one attached hydrogen (secondary N) is 1. The van der Waals surface area contributed by atoms with Gasteiger partial charge in [-0.05, 0) is 35.7 Å². The third kappa shape index (κ3) is 3.24. The van der Waals surface area contributed by atoms with Crippen LogP contribution in [0.5, 0.6) is 0 Å². The van der Waals surface area contributed by atoms with Crippen LogP contribution < -0.4 is 10.9 Å². The number of pyridine rings is 1. The lowest BCUT2D eigenvalue weighted by Gasteiger charge is -2.09. The van der Waals surface area contributed by atoms with Gasteiger partial charge in [-0.2, -0.15) is 0 Å². The fourth-order valence-corrected chi connectivity index (χ4v) is 2.50. The van der Waals surface area contributed by atoms with Crippen LogP contribution in [0.1, 0.15) is 0 Å². The number of carbonyl (C=O) groups excluding carboxylic acids is 1.